The van der Waals surface area contributed by atoms with Gasteiger partial charge in [0.1, 0.15) is 5.25 Å². The average Bonchev–Trinajstić information content (AvgIpc) is 2.04. The fourth-order valence-electron chi connectivity index (χ4n) is 0.399. The van der Waals surface area contributed by atoms with Gasteiger partial charge in [0, 0.05) is 14.2 Å². The molecule has 1 atom stereocenters. The summed E-state index contributed by atoms with van der Waals surface area (Å²) < 4.78 is 9.82. The molecule has 0 spiro atoms. The second kappa shape index (κ2) is 5.19. The number of carboxylic acid groups (broad SMARTS) is 1. The summed E-state index contributed by atoms with van der Waals surface area (Å²) in [7, 11) is 2.84. The first-order valence-corrected chi connectivity index (χ1v) is 7.20. The van der Waals surface area contributed by atoms with E-state index in [9.17, 15) is 4.79 Å². The molecule has 72 valence electrons. The Balaban J connectivity index is 4.22. The van der Waals surface area contributed by atoms with Gasteiger partial charge >= 0.3 is 5.97 Å². The van der Waals surface area contributed by atoms with Gasteiger partial charge in [-0.1, -0.05) is 11.4 Å². The standard InChI is InChI=1S/C5H11O4PS2/c1-4(5(6)7)12-10(11,8-2)9-3/h4H,1-3H3,(H,6,7). The third-order valence-corrected chi connectivity index (χ3v) is 7.04. The minimum absolute atomic E-state index is 0.601. The summed E-state index contributed by atoms with van der Waals surface area (Å²) in [4.78, 5) is 10.4. The number of carboxylic acids is 1. The minimum Gasteiger partial charge on any atom is -0.480 e. The maximum atomic E-state index is 10.4. The Morgan fingerprint density at radius 3 is 2.25 bits per heavy atom. The zero-order valence-corrected chi connectivity index (χ0v) is 9.54. The number of hydrogen-bond donors (Lipinski definition) is 1. The molecule has 4 nitrogen and oxygen atoms in total. The molecule has 7 heteroatoms. The van der Waals surface area contributed by atoms with Crippen LogP contribution in [0, 0.1) is 0 Å². The Morgan fingerprint density at radius 2 is 2.00 bits per heavy atom. The number of carbonyl (C=O) groups is 1. The first-order chi connectivity index (χ1) is 5.45. The summed E-state index contributed by atoms with van der Waals surface area (Å²) in [5.41, 5.74) is -2.42. The highest BCUT2D eigenvalue weighted by atomic mass is 32.9. The van der Waals surface area contributed by atoms with Gasteiger partial charge in [0.05, 0.1) is 0 Å². The van der Waals surface area contributed by atoms with Crippen LogP contribution in [0.1, 0.15) is 6.92 Å². The second-order valence-corrected chi connectivity index (χ2v) is 8.65. The Kier molecular flexibility index (Phi) is 5.36. The second-order valence-electron chi connectivity index (χ2n) is 1.90. The summed E-state index contributed by atoms with van der Waals surface area (Å²) in [6.07, 6.45) is 0. The van der Waals surface area contributed by atoms with Crippen LogP contribution in [0.5, 0.6) is 0 Å². The molecule has 1 N–H and O–H groups in total. The maximum Gasteiger partial charge on any atom is 0.316 e. The van der Waals surface area contributed by atoms with Gasteiger partial charge < -0.3 is 14.2 Å². The molecule has 0 aromatic rings. The van der Waals surface area contributed by atoms with Crippen molar-refractivity contribution in [3.63, 3.8) is 0 Å². The fourth-order valence-corrected chi connectivity index (χ4v) is 4.31. The van der Waals surface area contributed by atoms with Crippen LogP contribution in [0.2, 0.25) is 0 Å². The highest BCUT2D eigenvalue weighted by molar-refractivity contribution is 8.68. The fraction of sp³-hybridized carbons (Fsp3) is 0.800. The molecule has 0 aliphatic rings. The lowest BCUT2D eigenvalue weighted by Gasteiger charge is -2.18. The lowest BCUT2D eigenvalue weighted by Crippen LogP contribution is -2.11. The van der Waals surface area contributed by atoms with Crippen molar-refractivity contribution in [3.05, 3.63) is 0 Å². The lowest BCUT2D eigenvalue weighted by atomic mass is 10.5. The smallest absolute Gasteiger partial charge is 0.316 e. The highest BCUT2D eigenvalue weighted by Crippen LogP contribution is 2.61. The van der Waals surface area contributed by atoms with Crippen LogP contribution < -0.4 is 0 Å². The van der Waals surface area contributed by atoms with Gasteiger partial charge in [-0.25, -0.2) is 0 Å². The van der Waals surface area contributed by atoms with Gasteiger partial charge in [-0.2, -0.15) is 0 Å². The van der Waals surface area contributed by atoms with E-state index in [0.717, 1.165) is 11.4 Å². The molecule has 0 amide bonds. The molecule has 0 saturated heterocycles. The third-order valence-electron chi connectivity index (χ3n) is 1.08. The Morgan fingerprint density at radius 1 is 1.58 bits per heavy atom. The van der Waals surface area contributed by atoms with Crippen LogP contribution in [0.25, 0.3) is 0 Å². The van der Waals surface area contributed by atoms with E-state index >= 15 is 0 Å². The molecule has 0 radical (unpaired) electrons. The molecular formula is C5H11O4PS2. The Labute approximate surface area is 80.5 Å². The van der Waals surface area contributed by atoms with Crippen LogP contribution in [0.3, 0.4) is 0 Å². The van der Waals surface area contributed by atoms with Crippen LogP contribution in [-0.2, 0) is 25.6 Å². The topological polar surface area (TPSA) is 55.8 Å². The first kappa shape index (κ1) is 12.4. The zero-order chi connectivity index (χ0) is 9.78. The van der Waals surface area contributed by atoms with Crippen molar-refractivity contribution in [2.45, 2.75) is 12.2 Å². The number of aliphatic carboxylic acids is 1. The summed E-state index contributed by atoms with van der Waals surface area (Å²) >= 11 is 6.00. The Bertz CT molecular complexity index is 200. The van der Waals surface area contributed by atoms with Crippen LogP contribution in [-0.4, -0.2) is 30.5 Å². The normalized spacial score (nSPS) is 14.2. The summed E-state index contributed by atoms with van der Waals surface area (Å²) in [6.45, 7) is 1.55. The first-order valence-electron chi connectivity index (χ1n) is 3.08. The van der Waals surface area contributed by atoms with Gasteiger partial charge in [0.2, 0.25) is 5.69 Å². The molecule has 0 aromatic heterocycles. The third kappa shape index (κ3) is 3.87. The molecule has 0 bridgehead atoms. The molecule has 0 fully saturated rings. The molecule has 1 unspecified atom stereocenters. The number of rotatable bonds is 5. The van der Waals surface area contributed by atoms with E-state index in [1.165, 1.54) is 14.2 Å². The quantitative estimate of drug-likeness (QED) is 0.725. The van der Waals surface area contributed by atoms with Crippen LogP contribution in [0.4, 0.5) is 0 Å². The van der Waals surface area contributed by atoms with Gasteiger partial charge in [-0.15, -0.1) is 0 Å². The summed E-state index contributed by atoms with van der Waals surface area (Å²) in [5, 5.41) is 7.97. The maximum absolute atomic E-state index is 10.4. The summed E-state index contributed by atoms with van der Waals surface area (Å²) in [5.74, 6) is -0.914. The van der Waals surface area contributed by atoms with E-state index in [2.05, 4.69) is 0 Å². The van der Waals surface area contributed by atoms with Gasteiger partial charge in [-0.05, 0) is 18.7 Å². The summed E-state index contributed by atoms with van der Waals surface area (Å²) in [6, 6.07) is 0. The van der Waals surface area contributed by atoms with Crippen LogP contribution in [0.15, 0.2) is 0 Å². The molecule has 0 aliphatic carbocycles. The zero-order valence-electron chi connectivity index (χ0n) is 7.01. The molecule has 0 rings (SSSR count). The lowest BCUT2D eigenvalue weighted by molar-refractivity contribution is -0.136. The predicted molar refractivity (Wildman–Crippen MR) is 53.0 cm³/mol. The van der Waals surface area contributed by atoms with Crippen molar-refractivity contribution >= 4 is 34.9 Å². The van der Waals surface area contributed by atoms with Crippen molar-refractivity contribution in [2.24, 2.45) is 0 Å². The molecule has 0 aliphatic heterocycles. The van der Waals surface area contributed by atoms with E-state index in [-0.39, 0.29) is 0 Å². The van der Waals surface area contributed by atoms with E-state index in [1.807, 2.05) is 0 Å². The van der Waals surface area contributed by atoms with Crippen molar-refractivity contribution in [3.8, 4) is 0 Å². The van der Waals surface area contributed by atoms with E-state index < -0.39 is 16.9 Å². The van der Waals surface area contributed by atoms with Gasteiger partial charge in [0.25, 0.3) is 0 Å². The van der Waals surface area contributed by atoms with E-state index in [1.54, 1.807) is 6.92 Å². The van der Waals surface area contributed by atoms with Crippen molar-refractivity contribution < 1.29 is 18.9 Å². The van der Waals surface area contributed by atoms with Crippen molar-refractivity contribution in [2.75, 3.05) is 14.2 Å². The van der Waals surface area contributed by atoms with Crippen LogP contribution >= 0.6 is 17.1 Å². The van der Waals surface area contributed by atoms with E-state index in [4.69, 9.17) is 26.0 Å². The van der Waals surface area contributed by atoms with Gasteiger partial charge in [0.15, 0.2) is 0 Å². The number of hydrogen-bond acceptors (Lipinski definition) is 5. The predicted octanol–water partition coefficient (Wildman–Crippen LogP) is 1.71. The van der Waals surface area contributed by atoms with E-state index in [0.29, 0.717) is 0 Å². The molecule has 0 aromatic carbocycles. The average molecular weight is 230 g/mol. The van der Waals surface area contributed by atoms with Gasteiger partial charge in [-0.3, -0.25) is 4.79 Å². The molecule has 0 heterocycles. The Hall–Kier alpha value is 0.390. The monoisotopic (exact) mass is 230 g/mol. The molecular weight excluding hydrogens is 219 g/mol. The highest BCUT2D eigenvalue weighted by Gasteiger charge is 2.24. The SMILES string of the molecule is COP(=S)(OC)SC(C)C(=O)O. The minimum atomic E-state index is -2.42. The molecule has 0 saturated carbocycles. The molecule has 12 heavy (non-hydrogen) atoms. The van der Waals surface area contributed by atoms with Crippen molar-refractivity contribution in [1.82, 2.24) is 0 Å². The largest absolute Gasteiger partial charge is 0.480 e. The van der Waals surface area contributed by atoms with Crippen molar-refractivity contribution in [1.29, 1.82) is 0 Å².